The number of carbonyl (C=O) groups excluding carboxylic acids is 2. The topological polar surface area (TPSA) is 46.6 Å². The van der Waals surface area contributed by atoms with Gasteiger partial charge in [0.2, 0.25) is 0 Å². The Bertz CT molecular complexity index is 632. The Morgan fingerprint density at radius 1 is 1.17 bits per heavy atom. The number of hydrogen-bond acceptors (Lipinski definition) is 3. The van der Waals surface area contributed by atoms with Gasteiger partial charge in [-0.05, 0) is 45.6 Å². The Morgan fingerprint density at radius 3 is 2.62 bits per heavy atom. The zero-order chi connectivity index (χ0) is 17.3. The number of amides is 1. The number of nitrogens with zero attached hydrogens (tertiary/aromatic N) is 1. The Labute approximate surface area is 144 Å². The van der Waals surface area contributed by atoms with E-state index in [1.165, 1.54) is 0 Å². The molecule has 4 nitrogen and oxygen atoms in total. The van der Waals surface area contributed by atoms with Crippen LogP contribution in [0.4, 0.5) is 4.79 Å². The fourth-order valence-corrected chi connectivity index (χ4v) is 3.88. The lowest BCUT2D eigenvalue weighted by atomic mass is 9.91. The van der Waals surface area contributed by atoms with E-state index >= 15 is 0 Å². The van der Waals surface area contributed by atoms with E-state index < -0.39 is 5.60 Å². The summed E-state index contributed by atoms with van der Waals surface area (Å²) in [5.41, 5.74) is 1.42. The van der Waals surface area contributed by atoms with Crippen molar-refractivity contribution in [2.45, 2.75) is 64.5 Å². The lowest BCUT2D eigenvalue weighted by molar-refractivity contribution is 0.0112. The minimum Gasteiger partial charge on any atom is -0.444 e. The molecule has 0 N–H and O–H groups in total. The van der Waals surface area contributed by atoms with Crippen LogP contribution >= 0.6 is 0 Å². The van der Waals surface area contributed by atoms with Gasteiger partial charge in [0, 0.05) is 24.1 Å². The molecule has 1 aliphatic heterocycles. The van der Waals surface area contributed by atoms with Crippen molar-refractivity contribution >= 4 is 11.9 Å². The quantitative estimate of drug-likeness (QED) is 0.775. The highest BCUT2D eigenvalue weighted by molar-refractivity contribution is 6.02. The van der Waals surface area contributed by atoms with Crippen LogP contribution in [0.1, 0.15) is 62.4 Å². The van der Waals surface area contributed by atoms with Crippen LogP contribution < -0.4 is 0 Å². The van der Waals surface area contributed by atoms with Gasteiger partial charge in [-0.1, -0.05) is 37.1 Å². The zero-order valence-electron chi connectivity index (χ0n) is 14.9. The van der Waals surface area contributed by atoms with Gasteiger partial charge in [0.1, 0.15) is 5.60 Å². The molecule has 2 aliphatic rings. The largest absolute Gasteiger partial charge is 0.444 e. The molecule has 4 heteroatoms. The average Bonchev–Trinajstić information content (AvgIpc) is 2.70. The summed E-state index contributed by atoms with van der Waals surface area (Å²) in [5, 5.41) is 0. The lowest BCUT2D eigenvalue weighted by Crippen LogP contribution is -2.47. The molecule has 1 amide bonds. The number of Topliss-reactive ketones (excluding diaryl/α,β-unsaturated/α-hetero) is 1. The molecule has 1 aromatic carbocycles. The molecule has 1 saturated heterocycles. The second kappa shape index (κ2) is 6.58. The molecule has 0 bridgehead atoms. The second-order valence-corrected chi connectivity index (χ2v) is 7.92. The van der Waals surface area contributed by atoms with Gasteiger partial charge >= 0.3 is 6.09 Å². The van der Waals surface area contributed by atoms with Crippen LogP contribution in [0.3, 0.4) is 0 Å². The highest BCUT2D eigenvalue weighted by Gasteiger charge is 2.41. The fourth-order valence-electron chi connectivity index (χ4n) is 3.88. The van der Waals surface area contributed by atoms with E-state index in [9.17, 15) is 9.59 Å². The first kappa shape index (κ1) is 17.0. The third-order valence-corrected chi connectivity index (χ3v) is 4.95. The van der Waals surface area contributed by atoms with E-state index in [2.05, 4.69) is 0 Å². The zero-order valence-corrected chi connectivity index (χ0v) is 14.9. The minimum atomic E-state index is -0.517. The van der Waals surface area contributed by atoms with Crippen molar-refractivity contribution in [1.82, 2.24) is 4.90 Å². The standard InChI is InChI=1S/C20H27NO3/c1-20(2,3)24-19(23)21-12-8-4-5-11-17(21)16-13-14-9-6-7-10-15(14)18(16)22/h6-7,9-10,16-17H,4-5,8,11-13H2,1-3H3/t16-,17+/m1/s1. The first-order chi connectivity index (χ1) is 11.4. The summed E-state index contributed by atoms with van der Waals surface area (Å²) < 4.78 is 5.61. The van der Waals surface area contributed by atoms with Gasteiger partial charge in [0.15, 0.2) is 5.78 Å². The van der Waals surface area contributed by atoms with Gasteiger partial charge in [-0.2, -0.15) is 0 Å². The van der Waals surface area contributed by atoms with Crippen molar-refractivity contribution < 1.29 is 14.3 Å². The molecular weight excluding hydrogens is 302 g/mol. The van der Waals surface area contributed by atoms with Gasteiger partial charge < -0.3 is 9.64 Å². The van der Waals surface area contributed by atoms with Gasteiger partial charge in [-0.25, -0.2) is 4.79 Å². The summed E-state index contributed by atoms with van der Waals surface area (Å²) in [6.07, 6.45) is 4.47. The first-order valence-corrected chi connectivity index (χ1v) is 8.98. The molecule has 0 spiro atoms. The van der Waals surface area contributed by atoms with Gasteiger partial charge in [-0.15, -0.1) is 0 Å². The van der Waals surface area contributed by atoms with Crippen LogP contribution in [-0.4, -0.2) is 35.0 Å². The molecule has 0 radical (unpaired) electrons. The smallest absolute Gasteiger partial charge is 0.410 e. The normalized spacial score (nSPS) is 24.5. The van der Waals surface area contributed by atoms with Crippen LogP contribution in [0.25, 0.3) is 0 Å². The van der Waals surface area contributed by atoms with Crippen LogP contribution in [0, 0.1) is 5.92 Å². The Morgan fingerprint density at radius 2 is 1.92 bits per heavy atom. The third-order valence-electron chi connectivity index (χ3n) is 4.95. The predicted molar refractivity (Wildman–Crippen MR) is 93.2 cm³/mol. The Hall–Kier alpha value is -1.84. The summed E-state index contributed by atoms with van der Waals surface area (Å²) in [6.45, 7) is 6.33. The molecule has 1 heterocycles. The summed E-state index contributed by atoms with van der Waals surface area (Å²) in [7, 11) is 0. The van der Waals surface area contributed by atoms with Gasteiger partial charge in [-0.3, -0.25) is 4.79 Å². The molecule has 0 saturated carbocycles. The van der Waals surface area contributed by atoms with Crippen LogP contribution in [-0.2, 0) is 11.2 Å². The van der Waals surface area contributed by atoms with Gasteiger partial charge in [0.05, 0.1) is 0 Å². The number of likely N-dealkylation sites (tertiary alicyclic amines) is 1. The molecule has 0 aromatic heterocycles. The van der Waals surface area contributed by atoms with E-state index in [-0.39, 0.29) is 23.8 Å². The van der Waals surface area contributed by atoms with E-state index in [4.69, 9.17) is 4.74 Å². The summed E-state index contributed by atoms with van der Waals surface area (Å²) in [5.74, 6) is 0.0547. The molecule has 1 aliphatic carbocycles. The Kier molecular flexibility index (Phi) is 4.66. The van der Waals surface area contributed by atoms with Crippen molar-refractivity contribution in [2.24, 2.45) is 5.92 Å². The summed E-state index contributed by atoms with van der Waals surface area (Å²) in [6, 6.07) is 7.78. The molecule has 2 atom stereocenters. The number of ketones is 1. The summed E-state index contributed by atoms with van der Waals surface area (Å²) in [4.78, 5) is 27.4. The fraction of sp³-hybridized carbons (Fsp3) is 0.600. The van der Waals surface area contributed by atoms with E-state index in [1.54, 1.807) is 0 Å². The maximum absolute atomic E-state index is 12.9. The van der Waals surface area contributed by atoms with Crippen LogP contribution in [0.2, 0.25) is 0 Å². The molecular formula is C20H27NO3. The highest BCUT2D eigenvalue weighted by Crippen LogP contribution is 2.34. The lowest BCUT2D eigenvalue weighted by Gasteiger charge is -2.35. The number of fused-ring (bicyclic) bond motifs is 1. The SMILES string of the molecule is CC(C)(C)OC(=O)N1CCCCC[C@H]1[C@H]1Cc2ccccc2C1=O. The second-order valence-electron chi connectivity index (χ2n) is 7.92. The number of benzene rings is 1. The van der Waals surface area contributed by atoms with Crippen molar-refractivity contribution in [3.05, 3.63) is 35.4 Å². The monoisotopic (exact) mass is 329 g/mol. The van der Waals surface area contributed by atoms with Crippen molar-refractivity contribution in [3.63, 3.8) is 0 Å². The van der Waals surface area contributed by atoms with E-state index in [0.717, 1.165) is 43.2 Å². The molecule has 1 aromatic rings. The average molecular weight is 329 g/mol. The highest BCUT2D eigenvalue weighted by atomic mass is 16.6. The number of carbonyl (C=O) groups is 2. The van der Waals surface area contributed by atoms with Crippen molar-refractivity contribution in [2.75, 3.05) is 6.54 Å². The number of ether oxygens (including phenoxy) is 1. The molecule has 1 fully saturated rings. The predicted octanol–water partition coefficient (Wildman–Crippen LogP) is 4.22. The van der Waals surface area contributed by atoms with Crippen molar-refractivity contribution in [3.8, 4) is 0 Å². The summed E-state index contributed by atoms with van der Waals surface area (Å²) >= 11 is 0. The van der Waals surface area contributed by atoms with Crippen molar-refractivity contribution in [1.29, 1.82) is 0 Å². The maximum Gasteiger partial charge on any atom is 0.410 e. The number of rotatable bonds is 1. The number of hydrogen-bond donors (Lipinski definition) is 0. The van der Waals surface area contributed by atoms with E-state index in [0.29, 0.717) is 6.54 Å². The molecule has 3 rings (SSSR count). The maximum atomic E-state index is 12.9. The van der Waals surface area contributed by atoms with Gasteiger partial charge in [0.25, 0.3) is 0 Å². The van der Waals surface area contributed by atoms with Crippen LogP contribution in [0.15, 0.2) is 24.3 Å². The third kappa shape index (κ3) is 3.47. The first-order valence-electron chi connectivity index (χ1n) is 8.98. The molecule has 130 valence electrons. The van der Waals surface area contributed by atoms with Crippen LogP contribution in [0.5, 0.6) is 0 Å². The van der Waals surface area contributed by atoms with E-state index in [1.807, 2.05) is 49.9 Å². The molecule has 24 heavy (non-hydrogen) atoms. The Balaban J connectivity index is 1.84. The minimum absolute atomic E-state index is 0.0535. The molecule has 0 unspecified atom stereocenters.